The molecule has 166 valence electrons. The minimum atomic E-state index is -1.49. The first-order chi connectivity index (χ1) is 14.7. The lowest BCUT2D eigenvalue weighted by atomic mass is 10.1. The molecule has 0 spiro atoms. The van der Waals surface area contributed by atoms with Gasteiger partial charge in [0.1, 0.15) is 29.5 Å². The summed E-state index contributed by atoms with van der Waals surface area (Å²) in [7, 11) is 0. The molecule has 2 heterocycles. The molecule has 1 aromatic heterocycles. The molecule has 3 rings (SSSR count). The molecule has 0 radical (unpaired) electrons. The van der Waals surface area contributed by atoms with Crippen LogP contribution in [-0.2, 0) is 11.4 Å². The van der Waals surface area contributed by atoms with Crippen LogP contribution in [0.4, 0.5) is 14.5 Å². The van der Waals surface area contributed by atoms with Crippen molar-refractivity contribution < 1.29 is 28.7 Å². The third kappa shape index (κ3) is 3.76. The minimum Gasteiger partial charge on any atom is -0.477 e. The van der Waals surface area contributed by atoms with E-state index < -0.39 is 40.2 Å². The maximum atomic E-state index is 15.6. The standard InChI is InChI=1S/C19H21F2N5O5/c1-3-25-7-11(19(28)29)17(27)9-5-12(20)16(14(21)15(9)25)26-6-10(18(22)23-30)13(8-26)24-31-4-2/h5,7,10,30H,3-4,6,8H2,1-2H3,(H2,22,23)(H,28,29)/b24-13-. The van der Waals surface area contributed by atoms with Gasteiger partial charge < -0.3 is 30.4 Å². The van der Waals surface area contributed by atoms with E-state index in [-0.39, 0.29) is 43.0 Å². The van der Waals surface area contributed by atoms with E-state index in [4.69, 9.17) is 15.8 Å². The summed E-state index contributed by atoms with van der Waals surface area (Å²) in [5.74, 6) is -4.50. The van der Waals surface area contributed by atoms with Crippen molar-refractivity contribution in [2.45, 2.75) is 20.4 Å². The maximum Gasteiger partial charge on any atom is 0.341 e. The highest BCUT2D eigenvalue weighted by atomic mass is 19.1. The molecule has 10 nitrogen and oxygen atoms in total. The Kier molecular flexibility index (Phi) is 6.09. The van der Waals surface area contributed by atoms with Gasteiger partial charge in [-0.05, 0) is 19.9 Å². The molecule has 1 fully saturated rings. The van der Waals surface area contributed by atoms with Crippen LogP contribution in [0.2, 0.25) is 0 Å². The fourth-order valence-corrected chi connectivity index (χ4v) is 3.61. The lowest BCUT2D eigenvalue weighted by Gasteiger charge is -2.21. The van der Waals surface area contributed by atoms with Crippen LogP contribution in [0.5, 0.6) is 0 Å². The first-order valence-electron chi connectivity index (χ1n) is 9.44. The van der Waals surface area contributed by atoms with Gasteiger partial charge in [-0.15, -0.1) is 0 Å². The van der Waals surface area contributed by atoms with Crippen LogP contribution in [0.3, 0.4) is 0 Å². The van der Waals surface area contributed by atoms with Gasteiger partial charge >= 0.3 is 5.97 Å². The van der Waals surface area contributed by atoms with Gasteiger partial charge in [0.25, 0.3) is 0 Å². The summed E-state index contributed by atoms with van der Waals surface area (Å²) in [6, 6.07) is 0.824. The van der Waals surface area contributed by atoms with Crippen LogP contribution in [0.1, 0.15) is 24.2 Å². The Morgan fingerprint density at radius 3 is 2.68 bits per heavy atom. The third-order valence-corrected chi connectivity index (χ3v) is 5.06. The van der Waals surface area contributed by atoms with Crippen LogP contribution in [0.15, 0.2) is 27.4 Å². The molecule has 1 unspecified atom stereocenters. The molecule has 12 heteroatoms. The van der Waals surface area contributed by atoms with E-state index >= 15 is 8.78 Å². The van der Waals surface area contributed by atoms with Crippen molar-refractivity contribution in [2.24, 2.45) is 22.0 Å². The van der Waals surface area contributed by atoms with Crippen molar-refractivity contribution >= 4 is 34.1 Å². The summed E-state index contributed by atoms with van der Waals surface area (Å²) >= 11 is 0. The van der Waals surface area contributed by atoms with Crippen LogP contribution >= 0.6 is 0 Å². The van der Waals surface area contributed by atoms with E-state index in [2.05, 4.69) is 10.3 Å². The van der Waals surface area contributed by atoms with E-state index in [1.807, 2.05) is 0 Å². The first kappa shape index (κ1) is 22.0. The molecule has 31 heavy (non-hydrogen) atoms. The molecule has 1 atom stereocenters. The predicted octanol–water partition coefficient (Wildman–Crippen LogP) is 1.57. The highest BCUT2D eigenvalue weighted by molar-refractivity contribution is 6.10. The van der Waals surface area contributed by atoms with Crippen molar-refractivity contribution in [3.8, 4) is 0 Å². The van der Waals surface area contributed by atoms with Gasteiger partial charge in [-0.3, -0.25) is 4.79 Å². The zero-order chi connectivity index (χ0) is 22.9. The number of aromatic carboxylic acids is 1. The Labute approximate surface area is 174 Å². The Balaban J connectivity index is 2.21. The number of oxime groups is 2. The van der Waals surface area contributed by atoms with Crippen LogP contribution < -0.4 is 16.1 Å². The zero-order valence-electron chi connectivity index (χ0n) is 16.8. The van der Waals surface area contributed by atoms with E-state index in [1.165, 1.54) is 9.47 Å². The number of hydrogen-bond acceptors (Lipinski definition) is 7. The Hall–Kier alpha value is -3.70. The highest BCUT2D eigenvalue weighted by Crippen LogP contribution is 2.33. The summed E-state index contributed by atoms with van der Waals surface area (Å²) in [4.78, 5) is 30.2. The monoisotopic (exact) mass is 437 g/mol. The van der Waals surface area contributed by atoms with Crippen molar-refractivity contribution in [2.75, 3.05) is 24.6 Å². The molecule has 0 aliphatic carbocycles. The van der Waals surface area contributed by atoms with E-state index in [9.17, 15) is 14.7 Å². The molecule has 2 aromatic rings. The number of carboxylic acid groups (broad SMARTS) is 1. The molecule has 1 aliphatic rings. The summed E-state index contributed by atoms with van der Waals surface area (Å²) in [5, 5.41) is 24.8. The second-order valence-corrected chi connectivity index (χ2v) is 6.84. The second kappa shape index (κ2) is 8.58. The summed E-state index contributed by atoms with van der Waals surface area (Å²) in [6.07, 6.45) is 1.03. The lowest BCUT2D eigenvalue weighted by Crippen LogP contribution is -2.31. The third-order valence-electron chi connectivity index (χ3n) is 5.06. The van der Waals surface area contributed by atoms with Gasteiger partial charge in [0.15, 0.2) is 5.82 Å². The van der Waals surface area contributed by atoms with Gasteiger partial charge in [0.05, 0.1) is 29.1 Å². The number of benzene rings is 1. The number of fused-ring (bicyclic) bond motifs is 1. The van der Waals surface area contributed by atoms with Crippen LogP contribution in [0.25, 0.3) is 10.9 Å². The number of rotatable bonds is 6. The normalized spacial score (nSPS) is 18.2. The molecule has 0 bridgehead atoms. The number of nitrogens with zero attached hydrogens (tertiary/aromatic N) is 4. The minimum absolute atomic E-state index is 0.0509. The summed E-state index contributed by atoms with van der Waals surface area (Å²) in [6.45, 7) is 3.61. The fraction of sp³-hybridized carbons (Fsp3) is 0.368. The number of hydrogen-bond donors (Lipinski definition) is 3. The summed E-state index contributed by atoms with van der Waals surface area (Å²) in [5.41, 5.74) is 3.80. The number of pyridine rings is 1. The largest absolute Gasteiger partial charge is 0.477 e. The number of anilines is 1. The van der Waals surface area contributed by atoms with Gasteiger partial charge in [0.2, 0.25) is 5.43 Å². The first-order valence-corrected chi connectivity index (χ1v) is 9.44. The Morgan fingerprint density at radius 1 is 1.39 bits per heavy atom. The number of nitrogens with two attached hydrogens (primary N) is 1. The second-order valence-electron chi connectivity index (χ2n) is 6.84. The van der Waals surface area contributed by atoms with Crippen LogP contribution in [-0.4, -0.2) is 52.1 Å². The van der Waals surface area contributed by atoms with Gasteiger partial charge in [-0.2, -0.15) is 0 Å². The molecule has 1 aromatic carbocycles. The van der Waals surface area contributed by atoms with Gasteiger partial charge in [0, 0.05) is 19.3 Å². The number of aromatic nitrogens is 1. The number of aryl methyl sites for hydroxylation is 1. The molecule has 1 aliphatic heterocycles. The molecular weight excluding hydrogens is 416 g/mol. The molecule has 0 amide bonds. The van der Waals surface area contributed by atoms with E-state index in [0.717, 1.165) is 12.3 Å². The Bertz CT molecular complexity index is 1160. The van der Waals surface area contributed by atoms with Crippen molar-refractivity contribution in [3.05, 3.63) is 39.7 Å². The average molecular weight is 437 g/mol. The Morgan fingerprint density at radius 2 is 2.10 bits per heavy atom. The van der Waals surface area contributed by atoms with Gasteiger partial charge in [-0.25, -0.2) is 13.6 Å². The number of carboxylic acids is 1. The molecule has 1 saturated heterocycles. The summed E-state index contributed by atoms with van der Waals surface area (Å²) < 4.78 is 31.8. The van der Waals surface area contributed by atoms with Crippen LogP contribution in [0, 0.1) is 17.6 Å². The van der Waals surface area contributed by atoms with Gasteiger partial charge in [-0.1, -0.05) is 10.3 Å². The van der Waals surface area contributed by atoms with Crippen molar-refractivity contribution in [3.63, 3.8) is 0 Å². The number of amidine groups is 1. The maximum absolute atomic E-state index is 15.6. The van der Waals surface area contributed by atoms with E-state index in [1.54, 1.807) is 13.8 Å². The molecule has 4 N–H and O–H groups in total. The highest BCUT2D eigenvalue weighted by Gasteiger charge is 2.36. The van der Waals surface area contributed by atoms with Crippen molar-refractivity contribution in [1.82, 2.24) is 4.57 Å². The van der Waals surface area contributed by atoms with E-state index in [0.29, 0.717) is 5.71 Å². The smallest absolute Gasteiger partial charge is 0.341 e. The number of carbonyl (C=O) groups is 1. The number of halogens is 2. The fourth-order valence-electron chi connectivity index (χ4n) is 3.61. The predicted molar refractivity (Wildman–Crippen MR) is 109 cm³/mol. The topological polar surface area (TPSA) is 143 Å². The quantitative estimate of drug-likeness (QED) is 0.269. The SMILES string of the molecule is CCO/N=C1/CN(c2c(F)cc3c(=O)c(C(=O)O)cn(CC)c3c2F)CC1/C(N)=N\O. The zero-order valence-corrected chi connectivity index (χ0v) is 16.8. The molecule has 0 saturated carbocycles. The molecular formula is C19H21F2N5O5. The average Bonchev–Trinajstić information content (AvgIpc) is 3.15. The van der Waals surface area contributed by atoms with Crippen molar-refractivity contribution in [1.29, 1.82) is 0 Å². The lowest BCUT2D eigenvalue weighted by molar-refractivity contribution is 0.0694.